The van der Waals surface area contributed by atoms with Gasteiger partial charge in [-0.2, -0.15) is 0 Å². The number of unbranched alkanes of at least 4 members (excludes halogenated alkanes) is 1. The molecule has 0 bridgehead atoms. The van der Waals surface area contributed by atoms with Gasteiger partial charge in [-0.25, -0.2) is 4.39 Å². The van der Waals surface area contributed by atoms with Crippen LogP contribution in [0.4, 0.5) is 4.39 Å². The Bertz CT molecular complexity index is 318. The average molecular weight is 226 g/mol. The Labute approximate surface area is 95.8 Å². The highest BCUT2D eigenvalue weighted by molar-refractivity contribution is 5.29. The van der Waals surface area contributed by atoms with E-state index < -0.39 is 0 Å². The summed E-state index contributed by atoms with van der Waals surface area (Å²) < 4.78 is 18.2. The summed E-state index contributed by atoms with van der Waals surface area (Å²) in [6, 6.07) is 5.00. The molecule has 0 heterocycles. The van der Waals surface area contributed by atoms with Gasteiger partial charge in [-0.15, -0.1) is 0 Å². The molecule has 1 aromatic carbocycles. The molecule has 0 aliphatic rings. The van der Waals surface area contributed by atoms with Crippen molar-refractivity contribution < 1.29 is 9.13 Å². The Hall–Kier alpha value is -1.13. The third kappa shape index (κ3) is 4.16. The van der Waals surface area contributed by atoms with Gasteiger partial charge in [-0.3, -0.25) is 0 Å². The van der Waals surface area contributed by atoms with Crippen LogP contribution < -0.4 is 15.8 Å². The van der Waals surface area contributed by atoms with E-state index in [1.54, 1.807) is 6.07 Å². The first-order valence-corrected chi connectivity index (χ1v) is 5.51. The summed E-state index contributed by atoms with van der Waals surface area (Å²) in [5.41, 5.74) is 6.30. The summed E-state index contributed by atoms with van der Waals surface area (Å²) in [5.74, 6) is -0.0318. The van der Waals surface area contributed by atoms with Gasteiger partial charge >= 0.3 is 0 Å². The number of hydrogen-bond donors (Lipinski definition) is 2. The van der Waals surface area contributed by atoms with E-state index in [4.69, 9.17) is 10.5 Å². The zero-order chi connectivity index (χ0) is 11.8. The highest BCUT2D eigenvalue weighted by atomic mass is 19.1. The SMILES string of the molecule is COc1ccc(CNCCCCN)cc1F. The fraction of sp³-hybridized carbons (Fsp3) is 0.500. The molecule has 0 spiro atoms. The van der Waals surface area contributed by atoms with Crippen molar-refractivity contribution in [2.45, 2.75) is 19.4 Å². The Morgan fingerprint density at radius 2 is 2.19 bits per heavy atom. The Morgan fingerprint density at radius 1 is 1.38 bits per heavy atom. The Kier molecular flexibility index (Phi) is 5.82. The third-order valence-corrected chi connectivity index (χ3v) is 2.35. The van der Waals surface area contributed by atoms with Gasteiger partial charge in [0, 0.05) is 6.54 Å². The number of nitrogens with two attached hydrogens (primary N) is 1. The first kappa shape index (κ1) is 12.9. The lowest BCUT2D eigenvalue weighted by atomic mass is 10.2. The molecule has 0 radical (unpaired) electrons. The number of halogens is 1. The van der Waals surface area contributed by atoms with Crippen molar-refractivity contribution in [1.29, 1.82) is 0 Å². The second-order valence-electron chi connectivity index (χ2n) is 3.64. The van der Waals surface area contributed by atoms with Gasteiger partial charge in [0.05, 0.1) is 7.11 Å². The van der Waals surface area contributed by atoms with Crippen LogP contribution in [0.2, 0.25) is 0 Å². The van der Waals surface area contributed by atoms with Crippen LogP contribution in [0, 0.1) is 5.82 Å². The summed E-state index contributed by atoms with van der Waals surface area (Å²) in [6.07, 6.45) is 2.07. The molecule has 3 N–H and O–H groups in total. The predicted octanol–water partition coefficient (Wildman–Crippen LogP) is 1.66. The lowest BCUT2D eigenvalue weighted by molar-refractivity contribution is 0.386. The molecule has 0 aliphatic heterocycles. The monoisotopic (exact) mass is 226 g/mol. The second-order valence-corrected chi connectivity index (χ2v) is 3.64. The van der Waals surface area contributed by atoms with E-state index in [1.165, 1.54) is 13.2 Å². The molecule has 0 saturated heterocycles. The highest BCUT2D eigenvalue weighted by Gasteiger charge is 2.02. The van der Waals surface area contributed by atoms with Gasteiger partial charge < -0.3 is 15.8 Å². The molecule has 0 saturated carbocycles. The van der Waals surface area contributed by atoms with Crippen molar-refractivity contribution in [3.05, 3.63) is 29.6 Å². The van der Waals surface area contributed by atoms with E-state index in [0.29, 0.717) is 6.54 Å². The first-order chi connectivity index (χ1) is 7.77. The van der Waals surface area contributed by atoms with Crippen LogP contribution in [-0.4, -0.2) is 20.2 Å². The lowest BCUT2D eigenvalue weighted by Gasteiger charge is -2.06. The molecule has 0 atom stereocenters. The number of hydrogen-bond acceptors (Lipinski definition) is 3. The van der Waals surface area contributed by atoms with E-state index in [1.807, 2.05) is 6.07 Å². The maximum absolute atomic E-state index is 13.3. The molecular formula is C12H19FN2O. The lowest BCUT2D eigenvalue weighted by Crippen LogP contribution is -2.15. The number of methoxy groups -OCH3 is 1. The minimum atomic E-state index is -0.316. The average Bonchev–Trinajstić information content (AvgIpc) is 2.29. The number of benzene rings is 1. The van der Waals surface area contributed by atoms with Crippen molar-refractivity contribution in [3.8, 4) is 5.75 Å². The van der Waals surface area contributed by atoms with Gasteiger partial charge in [-0.05, 0) is 43.6 Å². The van der Waals surface area contributed by atoms with Crippen LogP contribution >= 0.6 is 0 Å². The molecule has 0 fully saturated rings. The van der Waals surface area contributed by atoms with E-state index in [2.05, 4.69) is 5.32 Å². The van der Waals surface area contributed by atoms with Crippen molar-refractivity contribution >= 4 is 0 Å². The Morgan fingerprint density at radius 3 is 2.81 bits per heavy atom. The molecule has 0 aliphatic carbocycles. The second kappa shape index (κ2) is 7.19. The van der Waals surface area contributed by atoms with Gasteiger partial charge in [0.25, 0.3) is 0 Å². The first-order valence-electron chi connectivity index (χ1n) is 5.51. The summed E-state index contributed by atoms with van der Waals surface area (Å²) >= 11 is 0. The third-order valence-electron chi connectivity index (χ3n) is 2.35. The highest BCUT2D eigenvalue weighted by Crippen LogP contribution is 2.17. The molecule has 16 heavy (non-hydrogen) atoms. The van der Waals surface area contributed by atoms with Crippen LogP contribution in [0.15, 0.2) is 18.2 Å². The maximum Gasteiger partial charge on any atom is 0.165 e. The topological polar surface area (TPSA) is 47.3 Å². The predicted molar refractivity (Wildman–Crippen MR) is 62.9 cm³/mol. The molecule has 0 aromatic heterocycles. The summed E-state index contributed by atoms with van der Waals surface area (Å²) in [6.45, 7) is 2.30. The molecular weight excluding hydrogens is 207 g/mol. The van der Waals surface area contributed by atoms with Crippen molar-refractivity contribution in [2.75, 3.05) is 20.2 Å². The standard InChI is InChI=1S/C12H19FN2O/c1-16-12-5-4-10(8-11(12)13)9-15-7-3-2-6-14/h4-5,8,15H,2-3,6-7,9,14H2,1H3. The van der Waals surface area contributed by atoms with Crippen LogP contribution in [-0.2, 0) is 6.54 Å². The van der Waals surface area contributed by atoms with Crippen LogP contribution in [0.3, 0.4) is 0 Å². The number of ether oxygens (including phenoxy) is 1. The van der Waals surface area contributed by atoms with Crippen LogP contribution in [0.25, 0.3) is 0 Å². The molecule has 3 nitrogen and oxygen atoms in total. The van der Waals surface area contributed by atoms with Crippen LogP contribution in [0.5, 0.6) is 5.75 Å². The van der Waals surface area contributed by atoms with E-state index >= 15 is 0 Å². The fourth-order valence-electron chi connectivity index (χ4n) is 1.45. The van der Waals surface area contributed by atoms with Crippen molar-refractivity contribution in [2.24, 2.45) is 5.73 Å². The minimum absolute atomic E-state index is 0.284. The minimum Gasteiger partial charge on any atom is -0.494 e. The van der Waals surface area contributed by atoms with Gasteiger partial charge in [0.2, 0.25) is 0 Å². The van der Waals surface area contributed by atoms with Gasteiger partial charge in [-0.1, -0.05) is 6.07 Å². The zero-order valence-electron chi connectivity index (χ0n) is 9.63. The van der Waals surface area contributed by atoms with E-state index in [0.717, 1.165) is 31.5 Å². The molecule has 0 unspecified atom stereocenters. The molecule has 1 rings (SSSR count). The van der Waals surface area contributed by atoms with E-state index in [-0.39, 0.29) is 11.6 Å². The largest absolute Gasteiger partial charge is 0.494 e. The van der Waals surface area contributed by atoms with Gasteiger partial charge in [0.15, 0.2) is 11.6 Å². The van der Waals surface area contributed by atoms with Gasteiger partial charge in [0.1, 0.15) is 0 Å². The molecule has 0 amide bonds. The normalized spacial score (nSPS) is 10.4. The van der Waals surface area contributed by atoms with E-state index in [9.17, 15) is 4.39 Å². The summed E-state index contributed by atoms with van der Waals surface area (Å²) in [4.78, 5) is 0. The van der Waals surface area contributed by atoms with Crippen molar-refractivity contribution in [1.82, 2.24) is 5.32 Å². The number of rotatable bonds is 7. The summed E-state index contributed by atoms with van der Waals surface area (Å²) in [5, 5.41) is 3.24. The Balaban J connectivity index is 2.34. The zero-order valence-corrected chi connectivity index (χ0v) is 9.63. The number of nitrogens with one attached hydrogen (secondary N) is 1. The maximum atomic E-state index is 13.3. The quantitative estimate of drug-likeness (QED) is 0.695. The fourth-order valence-corrected chi connectivity index (χ4v) is 1.45. The molecule has 90 valence electrons. The van der Waals surface area contributed by atoms with Crippen LogP contribution in [0.1, 0.15) is 18.4 Å². The molecule has 1 aromatic rings. The molecule has 4 heteroatoms. The van der Waals surface area contributed by atoms with Crippen molar-refractivity contribution in [3.63, 3.8) is 0 Å². The summed E-state index contributed by atoms with van der Waals surface area (Å²) in [7, 11) is 1.46. The smallest absolute Gasteiger partial charge is 0.165 e.